The number of rotatable bonds is 45. The Morgan fingerprint density at radius 2 is 0.643 bits per heavy atom. The van der Waals surface area contributed by atoms with Crippen molar-refractivity contribution in [3.05, 3.63) is 0 Å². The van der Waals surface area contributed by atoms with Crippen molar-refractivity contribution in [2.24, 2.45) is 17.8 Å². The van der Waals surface area contributed by atoms with Gasteiger partial charge in [0.2, 0.25) is 0 Å². The summed E-state index contributed by atoms with van der Waals surface area (Å²) < 4.78 is 11.3. The summed E-state index contributed by atoms with van der Waals surface area (Å²) in [5.41, 5.74) is 0. The Labute approximate surface area is 351 Å². The molecule has 0 rings (SSSR count). The van der Waals surface area contributed by atoms with E-state index in [-0.39, 0.29) is 11.9 Å². The summed E-state index contributed by atoms with van der Waals surface area (Å²) in [5, 5.41) is 0. The van der Waals surface area contributed by atoms with E-state index < -0.39 is 0 Å². The molecule has 0 heterocycles. The summed E-state index contributed by atoms with van der Waals surface area (Å²) in [6, 6.07) is 0. The van der Waals surface area contributed by atoms with Crippen molar-refractivity contribution in [2.75, 3.05) is 33.4 Å². The summed E-state index contributed by atoms with van der Waals surface area (Å²) in [6.45, 7) is 14.9. The van der Waals surface area contributed by atoms with Crippen LogP contribution in [-0.2, 0) is 19.1 Å². The molecule has 0 fully saturated rings. The van der Waals surface area contributed by atoms with Gasteiger partial charge in [-0.1, -0.05) is 202 Å². The van der Waals surface area contributed by atoms with E-state index in [0.717, 1.165) is 25.3 Å². The molecule has 0 aliphatic rings. The van der Waals surface area contributed by atoms with Gasteiger partial charge in [0.1, 0.15) is 0 Å². The predicted octanol–water partition coefficient (Wildman–Crippen LogP) is 16.0. The molecular formula is C51H101NO4. The van der Waals surface area contributed by atoms with Crippen LogP contribution in [0.4, 0.5) is 0 Å². The number of carbonyl (C=O) groups excluding carboxylic acids is 2. The van der Waals surface area contributed by atoms with Crippen LogP contribution in [0.25, 0.3) is 0 Å². The molecule has 0 aliphatic carbocycles. The highest BCUT2D eigenvalue weighted by Crippen LogP contribution is 2.24. The van der Waals surface area contributed by atoms with Crippen LogP contribution in [0.3, 0.4) is 0 Å². The monoisotopic (exact) mass is 792 g/mol. The molecular weight excluding hydrogens is 691 g/mol. The first-order chi connectivity index (χ1) is 27.4. The first kappa shape index (κ1) is 54.9. The highest BCUT2D eigenvalue weighted by molar-refractivity contribution is 5.70. The minimum absolute atomic E-state index is 0.0413. The second kappa shape index (κ2) is 43.5. The van der Waals surface area contributed by atoms with Crippen molar-refractivity contribution in [3.8, 4) is 0 Å². The topological polar surface area (TPSA) is 55.8 Å². The number of hydrogen-bond acceptors (Lipinski definition) is 5. The molecule has 0 amide bonds. The molecule has 0 unspecified atom stereocenters. The second-order valence-electron chi connectivity index (χ2n) is 18.0. The van der Waals surface area contributed by atoms with E-state index in [1.165, 1.54) is 212 Å². The summed E-state index contributed by atoms with van der Waals surface area (Å²) in [7, 11) is 2.29. The Bertz CT molecular complexity index is 738. The fourth-order valence-corrected chi connectivity index (χ4v) is 8.48. The van der Waals surface area contributed by atoms with Gasteiger partial charge in [0.05, 0.1) is 13.2 Å². The summed E-state index contributed by atoms with van der Waals surface area (Å²) in [5.74, 6) is 1.97. The minimum Gasteiger partial charge on any atom is -0.466 e. The van der Waals surface area contributed by atoms with Crippen molar-refractivity contribution in [1.82, 2.24) is 4.90 Å². The SMILES string of the molecule is CCCCCC(CCCCC)CC(=O)OCCCCCCCCCCC(CCCCCCCCCCOC(=O)CC(CCCCC)CCCCC)CN(C)CC. The summed E-state index contributed by atoms with van der Waals surface area (Å²) >= 11 is 0. The van der Waals surface area contributed by atoms with Crippen LogP contribution in [0.1, 0.15) is 266 Å². The molecule has 0 saturated carbocycles. The Balaban J connectivity index is 3.93. The van der Waals surface area contributed by atoms with E-state index >= 15 is 0 Å². The van der Waals surface area contributed by atoms with Gasteiger partial charge in [-0.3, -0.25) is 9.59 Å². The maximum absolute atomic E-state index is 12.5. The average molecular weight is 792 g/mol. The van der Waals surface area contributed by atoms with Crippen LogP contribution in [0.2, 0.25) is 0 Å². The van der Waals surface area contributed by atoms with E-state index in [4.69, 9.17) is 9.47 Å². The normalized spacial score (nSPS) is 11.8. The largest absolute Gasteiger partial charge is 0.466 e. The van der Waals surface area contributed by atoms with Crippen LogP contribution >= 0.6 is 0 Å². The number of nitrogens with zero attached hydrogens (tertiary/aromatic N) is 1. The van der Waals surface area contributed by atoms with Crippen molar-refractivity contribution in [2.45, 2.75) is 266 Å². The molecule has 5 heteroatoms. The van der Waals surface area contributed by atoms with Crippen molar-refractivity contribution in [1.29, 1.82) is 0 Å². The fraction of sp³-hybridized carbons (Fsp3) is 0.961. The highest BCUT2D eigenvalue weighted by atomic mass is 16.5. The molecule has 334 valence electrons. The molecule has 0 saturated heterocycles. The molecule has 0 N–H and O–H groups in total. The van der Waals surface area contributed by atoms with Gasteiger partial charge >= 0.3 is 11.9 Å². The van der Waals surface area contributed by atoms with Crippen molar-refractivity contribution >= 4 is 11.9 Å². The lowest BCUT2D eigenvalue weighted by molar-refractivity contribution is -0.146. The van der Waals surface area contributed by atoms with Gasteiger partial charge in [-0.25, -0.2) is 0 Å². The second-order valence-corrected chi connectivity index (χ2v) is 18.0. The zero-order chi connectivity index (χ0) is 41.2. The molecule has 0 atom stereocenters. The Morgan fingerprint density at radius 1 is 0.375 bits per heavy atom. The minimum atomic E-state index is 0.0413. The van der Waals surface area contributed by atoms with E-state index in [0.29, 0.717) is 37.9 Å². The molecule has 0 aromatic carbocycles. The van der Waals surface area contributed by atoms with Crippen molar-refractivity contribution < 1.29 is 19.1 Å². The number of carbonyl (C=O) groups is 2. The highest BCUT2D eigenvalue weighted by Gasteiger charge is 2.16. The first-order valence-electron chi connectivity index (χ1n) is 25.4. The number of unbranched alkanes of at least 4 members (excludes halogenated alkanes) is 22. The number of ether oxygens (including phenoxy) is 2. The third kappa shape index (κ3) is 38.4. The average Bonchev–Trinajstić information content (AvgIpc) is 3.18. The Morgan fingerprint density at radius 3 is 0.946 bits per heavy atom. The van der Waals surface area contributed by atoms with Crippen molar-refractivity contribution in [3.63, 3.8) is 0 Å². The van der Waals surface area contributed by atoms with Gasteiger partial charge in [-0.2, -0.15) is 0 Å². The molecule has 0 aliphatic heterocycles. The molecule has 0 radical (unpaired) electrons. The zero-order valence-corrected chi connectivity index (χ0v) is 39.1. The lowest BCUT2D eigenvalue weighted by Crippen LogP contribution is -2.25. The Hall–Kier alpha value is -1.10. The number of esters is 2. The van der Waals surface area contributed by atoms with Crippen LogP contribution in [0, 0.1) is 17.8 Å². The molecule has 0 aromatic rings. The van der Waals surface area contributed by atoms with E-state index in [1.807, 2.05) is 0 Å². The molecule has 0 spiro atoms. The molecule has 0 bridgehead atoms. The molecule has 5 nitrogen and oxygen atoms in total. The zero-order valence-electron chi connectivity index (χ0n) is 39.1. The third-order valence-corrected chi connectivity index (χ3v) is 12.4. The van der Waals surface area contributed by atoms with Gasteiger partial charge in [-0.05, 0) is 82.7 Å². The predicted molar refractivity (Wildman–Crippen MR) is 244 cm³/mol. The molecule has 56 heavy (non-hydrogen) atoms. The Kier molecular flexibility index (Phi) is 42.6. The van der Waals surface area contributed by atoms with Crippen LogP contribution in [0.15, 0.2) is 0 Å². The lowest BCUT2D eigenvalue weighted by atomic mass is 9.92. The van der Waals surface area contributed by atoms with Gasteiger partial charge in [0.25, 0.3) is 0 Å². The van der Waals surface area contributed by atoms with E-state index in [9.17, 15) is 9.59 Å². The van der Waals surface area contributed by atoms with Crippen LogP contribution in [-0.4, -0.2) is 50.2 Å². The van der Waals surface area contributed by atoms with Gasteiger partial charge in [-0.15, -0.1) is 0 Å². The third-order valence-electron chi connectivity index (χ3n) is 12.4. The fourth-order valence-electron chi connectivity index (χ4n) is 8.48. The molecule has 0 aromatic heterocycles. The smallest absolute Gasteiger partial charge is 0.306 e. The van der Waals surface area contributed by atoms with Gasteiger partial charge in [0, 0.05) is 19.4 Å². The summed E-state index contributed by atoms with van der Waals surface area (Å²) in [6.07, 6.45) is 44.4. The lowest BCUT2D eigenvalue weighted by Gasteiger charge is -2.23. The standard InChI is InChI=1S/C51H101NO4/c1-7-12-28-36-47(37-29-13-8-2)44-50(53)55-42-34-26-22-18-16-20-24-32-40-49(46-52(6)11-5)41-33-25-21-17-19-23-27-35-43-56-51(54)45-48(38-30-14-9-3)39-31-15-10-4/h47-49H,7-46H2,1-6H3. The van der Waals surface area contributed by atoms with Gasteiger partial charge < -0.3 is 14.4 Å². The maximum Gasteiger partial charge on any atom is 0.306 e. The summed E-state index contributed by atoms with van der Waals surface area (Å²) in [4.78, 5) is 27.5. The quantitative estimate of drug-likeness (QED) is 0.0454. The van der Waals surface area contributed by atoms with Crippen LogP contribution in [0.5, 0.6) is 0 Å². The van der Waals surface area contributed by atoms with E-state index in [1.54, 1.807) is 0 Å². The van der Waals surface area contributed by atoms with Gasteiger partial charge in [0.15, 0.2) is 0 Å². The van der Waals surface area contributed by atoms with Crippen LogP contribution < -0.4 is 0 Å². The maximum atomic E-state index is 12.5. The van der Waals surface area contributed by atoms with E-state index in [2.05, 4.69) is 46.6 Å². The first-order valence-corrected chi connectivity index (χ1v) is 25.4. The number of hydrogen-bond donors (Lipinski definition) is 0.